The van der Waals surface area contributed by atoms with Crippen LogP contribution in [0.1, 0.15) is 11.5 Å². The van der Waals surface area contributed by atoms with Crippen LogP contribution in [0.3, 0.4) is 0 Å². The molecule has 0 N–H and O–H groups in total. The molecule has 0 bridgehead atoms. The third kappa shape index (κ3) is 4.15. The molecule has 3 rings (SSSR count). The van der Waals surface area contributed by atoms with Gasteiger partial charge in [-0.3, -0.25) is 4.90 Å². The van der Waals surface area contributed by atoms with Gasteiger partial charge in [0.15, 0.2) is 0 Å². The van der Waals surface area contributed by atoms with Gasteiger partial charge in [0.1, 0.15) is 16.4 Å². The second-order valence-corrected chi connectivity index (χ2v) is 9.02. The molecule has 0 atom stereocenters. The summed E-state index contributed by atoms with van der Waals surface area (Å²) in [6, 6.07) is 6.52. The van der Waals surface area contributed by atoms with Crippen LogP contribution in [-0.2, 0) is 16.6 Å². The first-order chi connectivity index (χ1) is 11.8. The number of aryl methyl sites for hydroxylation is 1. The van der Waals surface area contributed by atoms with E-state index in [1.165, 1.54) is 16.4 Å². The van der Waals surface area contributed by atoms with E-state index < -0.39 is 10.0 Å². The minimum Gasteiger partial charge on any atom is -0.465 e. The van der Waals surface area contributed by atoms with Gasteiger partial charge in [0, 0.05) is 26.2 Å². The van der Waals surface area contributed by atoms with Crippen molar-refractivity contribution in [2.24, 2.45) is 0 Å². The summed E-state index contributed by atoms with van der Waals surface area (Å²) in [6.07, 6.45) is 0. The molecule has 1 saturated heterocycles. The van der Waals surface area contributed by atoms with Crippen molar-refractivity contribution in [2.45, 2.75) is 18.4 Å². The molecule has 1 aromatic carbocycles. The van der Waals surface area contributed by atoms with E-state index in [9.17, 15) is 8.42 Å². The largest absolute Gasteiger partial charge is 0.465 e. The lowest BCUT2D eigenvalue weighted by molar-refractivity contribution is 0.170. The maximum Gasteiger partial charge on any atom is 0.244 e. The van der Waals surface area contributed by atoms with Gasteiger partial charge < -0.3 is 4.42 Å². The van der Waals surface area contributed by atoms with Crippen molar-refractivity contribution in [3.63, 3.8) is 0 Å². The smallest absolute Gasteiger partial charge is 0.244 e. The topological polar surface area (TPSA) is 53.8 Å². The van der Waals surface area contributed by atoms with Gasteiger partial charge in [0.25, 0.3) is 0 Å². The first-order valence-electron chi connectivity index (χ1n) is 7.70. The molecule has 0 spiro atoms. The summed E-state index contributed by atoms with van der Waals surface area (Å²) in [6.45, 7) is 4.53. The summed E-state index contributed by atoms with van der Waals surface area (Å²) in [4.78, 5) is 2.14. The van der Waals surface area contributed by atoms with E-state index in [4.69, 9.17) is 39.2 Å². The third-order valence-electron chi connectivity index (χ3n) is 4.10. The van der Waals surface area contributed by atoms with Crippen molar-refractivity contribution in [1.29, 1.82) is 0 Å². The Labute approximate surface area is 162 Å². The van der Waals surface area contributed by atoms with E-state index in [1.807, 2.05) is 19.1 Å². The van der Waals surface area contributed by atoms with Crippen molar-refractivity contribution in [2.75, 3.05) is 26.2 Å². The molecule has 0 amide bonds. The zero-order valence-electron chi connectivity index (χ0n) is 13.5. The average molecular weight is 424 g/mol. The van der Waals surface area contributed by atoms with Gasteiger partial charge >= 0.3 is 0 Å². The Morgan fingerprint density at radius 2 is 1.64 bits per heavy atom. The van der Waals surface area contributed by atoms with Crippen LogP contribution >= 0.6 is 34.8 Å². The Morgan fingerprint density at radius 1 is 1.00 bits per heavy atom. The van der Waals surface area contributed by atoms with Gasteiger partial charge in [-0.25, -0.2) is 8.42 Å². The van der Waals surface area contributed by atoms with Crippen molar-refractivity contribution in [3.8, 4) is 0 Å². The van der Waals surface area contributed by atoms with Crippen LogP contribution in [0, 0.1) is 6.92 Å². The van der Waals surface area contributed by atoms with Gasteiger partial charge in [-0.05, 0) is 31.2 Å². The van der Waals surface area contributed by atoms with Crippen molar-refractivity contribution in [1.82, 2.24) is 9.21 Å². The van der Waals surface area contributed by atoms with Gasteiger partial charge in [-0.1, -0.05) is 34.8 Å². The highest BCUT2D eigenvalue weighted by Gasteiger charge is 2.31. The average Bonchev–Trinajstić information content (AvgIpc) is 2.96. The van der Waals surface area contributed by atoms with Crippen LogP contribution in [0.5, 0.6) is 0 Å². The summed E-state index contributed by atoms with van der Waals surface area (Å²) in [5, 5.41) is 0.462. The maximum atomic E-state index is 12.8. The predicted octanol–water partition coefficient (Wildman–Crippen LogP) is 4.05. The summed E-state index contributed by atoms with van der Waals surface area (Å²) in [7, 11) is -3.72. The van der Waals surface area contributed by atoms with Crippen LogP contribution in [0.25, 0.3) is 0 Å². The minimum absolute atomic E-state index is 0.0151. The summed E-state index contributed by atoms with van der Waals surface area (Å²) >= 11 is 17.9. The maximum absolute atomic E-state index is 12.8. The molecular weight excluding hydrogens is 407 g/mol. The number of piperazine rings is 1. The van der Waals surface area contributed by atoms with Crippen LogP contribution in [0.2, 0.25) is 15.1 Å². The standard InChI is InChI=1S/C16H17Cl3N2O3S/c1-11-2-3-12(24-11)10-20-4-6-21(7-5-20)25(22,23)16-9-14(18)13(17)8-15(16)19/h2-3,8-9H,4-7,10H2,1H3. The van der Waals surface area contributed by atoms with Crippen molar-refractivity contribution >= 4 is 44.8 Å². The fourth-order valence-electron chi connectivity index (χ4n) is 2.76. The molecule has 2 aromatic rings. The lowest BCUT2D eigenvalue weighted by atomic mass is 10.3. The number of hydrogen-bond acceptors (Lipinski definition) is 4. The van der Waals surface area contributed by atoms with Crippen molar-refractivity contribution < 1.29 is 12.8 Å². The zero-order valence-corrected chi connectivity index (χ0v) is 16.6. The van der Waals surface area contributed by atoms with E-state index in [2.05, 4.69) is 4.90 Å². The van der Waals surface area contributed by atoms with Gasteiger partial charge in [-0.2, -0.15) is 4.31 Å². The number of hydrogen-bond donors (Lipinski definition) is 0. The van der Waals surface area contributed by atoms with Crippen molar-refractivity contribution in [3.05, 3.63) is 50.9 Å². The Morgan fingerprint density at radius 3 is 2.24 bits per heavy atom. The fourth-order valence-corrected chi connectivity index (χ4v) is 5.16. The van der Waals surface area contributed by atoms with Crippen LogP contribution in [0.4, 0.5) is 0 Å². The molecule has 0 aliphatic carbocycles. The van der Waals surface area contributed by atoms with E-state index in [0.29, 0.717) is 32.7 Å². The Hall–Kier alpha value is -0.760. The SMILES string of the molecule is Cc1ccc(CN2CCN(S(=O)(=O)c3cc(Cl)c(Cl)cc3Cl)CC2)o1. The van der Waals surface area contributed by atoms with Gasteiger partial charge in [-0.15, -0.1) is 0 Å². The normalized spacial score (nSPS) is 17.1. The lowest BCUT2D eigenvalue weighted by Crippen LogP contribution is -2.48. The van der Waals surface area contributed by atoms with E-state index in [1.54, 1.807) is 0 Å². The molecule has 9 heteroatoms. The summed E-state index contributed by atoms with van der Waals surface area (Å²) in [5.41, 5.74) is 0. The second kappa shape index (κ2) is 7.47. The van der Waals surface area contributed by atoms with Gasteiger partial charge in [0.2, 0.25) is 10.0 Å². The number of benzene rings is 1. The quantitative estimate of drug-likeness (QED) is 0.696. The molecule has 1 aromatic heterocycles. The highest BCUT2D eigenvalue weighted by molar-refractivity contribution is 7.89. The summed E-state index contributed by atoms with van der Waals surface area (Å²) in [5.74, 6) is 1.74. The van der Waals surface area contributed by atoms with Crippen LogP contribution < -0.4 is 0 Å². The number of sulfonamides is 1. The molecule has 1 aliphatic heterocycles. The van der Waals surface area contributed by atoms with Crippen LogP contribution in [-0.4, -0.2) is 43.8 Å². The first-order valence-corrected chi connectivity index (χ1v) is 10.3. The second-order valence-electron chi connectivity index (χ2n) is 5.89. The zero-order chi connectivity index (χ0) is 18.2. The highest BCUT2D eigenvalue weighted by Crippen LogP contribution is 2.33. The molecule has 2 heterocycles. The Balaban J connectivity index is 1.70. The molecule has 1 fully saturated rings. The molecule has 25 heavy (non-hydrogen) atoms. The fraction of sp³-hybridized carbons (Fsp3) is 0.375. The molecule has 1 aliphatic rings. The molecule has 0 unspecified atom stereocenters. The third-order valence-corrected chi connectivity index (χ3v) is 7.18. The monoisotopic (exact) mass is 422 g/mol. The molecule has 136 valence electrons. The Bertz CT molecular complexity index is 875. The lowest BCUT2D eigenvalue weighted by Gasteiger charge is -2.33. The van der Waals surface area contributed by atoms with Crippen LogP contribution in [0.15, 0.2) is 33.6 Å². The Kier molecular flexibility index (Phi) is 5.68. The van der Waals surface area contributed by atoms with E-state index in [0.717, 1.165) is 11.5 Å². The number of furan rings is 1. The highest BCUT2D eigenvalue weighted by atomic mass is 35.5. The van der Waals surface area contributed by atoms with E-state index >= 15 is 0 Å². The number of nitrogens with zero attached hydrogens (tertiary/aromatic N) is 2. The first kappa shape index (κ1) is 19.0. The minimum atomic E-state index is -3.72. The molecule has 0 saturated carbocycles. The molecule has 0 radical (unpaired) electrons. The predicted molar refractivity (Wildman–Crippen MR) is 99.0 cm³/mol. The summed E-state index contributed by atoms with van der Waals surface area (Å²) < 4.78 is 32.7. The van der Waals surface area contributed by atoms with Gasteiger partial charge in [0.05, 0.1) is 21.6 Å². The number of rotatable bonds is 4. The molecular formula is C16H17Cl3N2O3S. The van der Waals surface area contributed by atoms with E-state index in [-0.39, 0.29) is 20.0 Å². The number of halogens is 3. The molecule has 5 nitrogen and oxygen atoms in total.